The fraction of sp³-hybridized carbons (Fsp3) is 0.500. The third-order valence-corrected chi connectivity index (χ3v) is 5.15. The molecular formula is C20H28N4. The number of pyridine rings is 2. The van der Waals surface area contributed by atoms with Crippen LogP contribution < -0.4 is 0 Å². The highest BCUT2D eigenvalue weighted by Crippen LogP contribution is 2.21. The smallest absolute Gasteiger partial charge is 0.0573 e. The van der Waals surface area contributed by atoms with E-state index in [2.05, 4.69) is 52.8 Å². The number of likely N-dealkylation sites (tertiary alicyclic amines) is 1. The van der Waals surface area contributed by atoms with Crippen LogP contribution in [-0.2, 0) is 13.1 Å². The van der Waals surface area contributed by atoms with E-state index in [-0.39, 0.29) is 0 Å². The average molecular weight is 324 g/mol. The van der Waals surface area contributed by atoms with E-state index in [1.165, 1.54) is 48.4 Å². The summed E-state index contributed by atoms with van der Waals surface area (Å²) >= 11 is 0. The molecule has 0 aromatic carbocycles. The molecule has 1 aliphatic rings. The van der Waals surface area contributed by atoms with Gasteiger partial charge in [0, 0.05) is 31.5 Å². The van der Waals surface area contributed by atoms with E-state index >= 15 is 0 Å². The van der Waals surface area contributed by atoms with Gasteiger partial charge in [-0.3, -0.25) is 14.9 Å². The molecule has 2 aromatic heterocycles. The van der Waals surface area contributed by atoms with Crippen molar-refractivity contribution in [3.05, 3.63) is 59.2 Å². The van der Waals surface area contributed by atoms with Crippen LogP contribution in [0.5, 0.6) is 0 Å². The Morgan fingerprint density at radius 1 is 0.958 bits per heavy atom. The van der Waals surface area contributed by atoms with Gasteiger partial charge in [-0.25, -0.2) is 0 Å². The number of hydrogen-bond donors (Lipinski definition) is 0. The van der Waals surface area contributed by atoms with Crippen LogP contribution in [0.3, 0.4) is 0 Å². The molecule has 0 radical (unpaired) electrons. The van der Waals surface area contributed by atoms with Crippen LogP contribution in [0.15, 0.2) is 36.7 Å². The summed E-state index contributed by atoms with van der Waals surface area (Å²) in [7, 11) is 2.21. The van der Waals surface area contributed by atoms with Gasteiger partial charge in [0.15, 0.2) is 0 Å². The molecule has 3 rings (SSSR count). The highest BCUT2D eigenvalue weighted by Gasteiger charge is 2.24. The molecule has 0 N–H and O–H groups in total. The molecule has 2 aromatic rings. The quantitative estimate of drug-likeness (QED) is 0.845. The maximum absolute atomic E-state index is 4.62. The monoisotopic (exact) mass is 324 g/mol. The van der Waals surface area contributed by atoms with Gasteiger partial charge in [0.25, 0.3) is 0 Å². The summed E-state index contributed by atoms with van der Waals surface area (Å²) in [5.41, 5.74) is 4.91. The Bertz CT molecular complexity index is 615. The lowest BCUT2D eigenvalue weighted by Gasteiger charge is -2.37. The molecule has 0 saturated carbocycles. The molecule has 1 fully saturated rings. The summed E-state index contributed by atoms with van der Waals surface area (Å²) in [4.78, 5) is 14.2. The van der Waals surface area contributed by atoms with Crippen LogP contribution in [0, 0.1) is 13.8 Å². The first kappa shape index (κ1) is 17.1. The Morgan fingerprint density at radius 3 is 1.92 bits per heavy atom. The van der Waals surface area contributed by atoms with Crippen molar-refractivity contribution in [1.29, 1.82) is 0 Å². The number of aryl methyl sites for hydroxylation is 2. The number of piperidine rings is 1. The van der Waals surface area contributed by atoms with Crippen LogP contribution in [0.2, 0.25) is 0 Å². The summed E-state index contributed by atoms with van der Waals surface area (Å²) in [5, 5.41) is 0. The fourth-order valence-electron chi connectivity index (χ4n) is 3.43. The van der Waals surface area contributed by atoms with Crippen molar-refractivity contribution >= 4 is 0 Å². The standard InChI is InChI=1S/C20H28N4/c1-16-6-4-10-21-19(16)14-24(18-8-12-23(3)13-9-18)15-20-17(2)7-5-11-22-20/h4-7,10-11,18H,8-9,12-15H2,1-3H3. The van der Waals surface area contributed by atoms with Gasteiger partial charge < -0.3 is 4.90 Å². The van der Waals surface area contributed by atoms with Gasteiger partial charge >= 0.3 is 0 Å². The molecule has 0 spiro atoms. The number of nitrogens with zero attached hydrogens (tertiary/aromatic N) is 4. The van der Waals surface area contributed by atoms with Gasteiger partial charge in [-0.1, -0.05) is 12.1 Å². The first-order valence-corrected chi connectivity index (χ1v) is 8.87. The van der Waals surface area contributed by atoms with Crippen molar-refractivity contribution in [3.63, 3.8) is 0 Å². The predicted octanol–water partition coefficient (Wildman–Crippen LogP) is 3.19. The van der Waals surface area contributed by atoms with Crippen LogP contribution >= 0.6 is 0 Å². The minimum atomic E-state index is 0.601. The van der Waals surface area contributed by atoms with Gasteiger partial charge in [-0.2, -0.15) is 0 Å². The van der Waals surface area contributed by atoms with E-state index in [1.54, 1.807) is 0 Å². The Labute approximate surface area is 145 Å². The zero-order valence-corrected chi connectivity index (χ0v) is 15.1. The SMILES string of the molecule is Cc1cccnc1CN(Cc1ncccc1C)C1CCN(C)CC1. The lowest BCUT2D eigenvalue weighted by atomic mass is 10.0. The Balaban J connectivity index is 1.80. The van der Waals surface area contributed by atoms with Crippen LogP contribution in [-0.4, -0.2) is 45.9 Å². The average Bonchev–Trinajstić information content (AvgIpc) is 2.59. The van der Waals surface area contributed by atoms with Gasteiger partial charge in [0.2, 0.25) is 0 Å². The van der Waals surface area contributed by atoms with Crippen molar-refractivity contribution in [1.82, 2.24) is 19.8 Å². The topological polar surface area (TPSA) is 32.3 Å². The molecule has 0 amide bonds. The normalized spacial score (nSPS) is 16.7. The molecule has 1 aliphatic heterocycles. The van der Waals surface area contributed by atoms with Crippen molar-refractivity contribution in [2.75, 3.05) is 20.1 Å². The molecular weight excluding hydrogens is 296 g/mol. The third-order valence-electron chi connectivity index (χ3n) is 5.15. The summed E-state index contributed by atoms with van der Waals surface area (Å²) < 4.78 is 0. The summed E-state index contributed by atoms with van der Waals surface area (Å²) in [5.74, 6) is 0. The van der Waals surface area contributed by atoms with E-state index in [0.717, 1.165) is 13.1 Å². The Hall–Kier alpha value is -1.78. The van der Waals surface area contributed by atoms with Crippen LogP contribution in [0.4, 0.5) is 0 Å². The van der Waals surface area contributed by atoms with E-state index in [9.17, 15) is 0 Å². The van der Waals surface area contributed by atoms with E-state index in [4.69, 9.17) is 0 Å². The van der Waals surface area contributed by atoms with Gasteiger partial charge in [0.05, 0.1) is 11.4 Å². The molecule has 128 valence electrons. The first-order chi connectivity index (χ1) is 11.6. The number of aromatic nitrogens is 2. The number of hydrogen-bond acceptors (Lipinski definition) is 4. The van der Waals surface area contributed by atoms with E-state index < -0.39 is 0 Å². The molecule has 0 aliphatic carbocycles. The largest absolute Gasteiger partial charge is 0.306 e. The highest BCUT2D eigenvalue weighted by atomic mass is 15.2. The maximum Gasteiger partial charge on any atom is 0.0573 e. The van der Waals surface area contributed by atoms with Crippen molar-refractivity contribution < 1.29 is 0 Å². The zero-order chi connectivity index (χ0) is 16.9. The lowest BCUT2D eigenvalue weighted by molar-refractivity contribution is 0.105. The van der Waals surface area contributed by atoms with E-state index in [0.29, 0.717) is 6.04 Å². The van der Waals surface area contributed by atoms with Crippen molar-refractivity contribution in [2.45, 2.75) is 45.8 Å². The van der Waals surface area contributed by atoms with Gasteiger partial charge in [0.1, 0.15) is 0 Å². The second kappa shape index (κ2) is 7.86. The first-order valence-electron chi connectivity index (χ1n) is 8.87. The van der Waals surface area contributed by atoms with Gasteiger partial charge in [-0.15, -0.1) is 0 Å². The van der Waals surface area contributed by atoms with Crippen molar-refractivity contribution in [3.8, 4) is 0 Å². The van der Waals surface area contributed by atoms with Crippen LogP contribution in [0.25, 0.3) is 0 Å². The summed E-state index contributed by atoms with van der Waals surface area (Å²) in [6.45, 7) is 8.45. The second-order valence-electron chi connectivity index (χ2n) is 6.97. The molecule has 0 atom stereocenters. The molecule has 3 heterocycles. The van der Waals surface area contributed by atoms with Crippen LogP contribution in [0.1, 0.15) is 35.4 Å². The molecule has 0 bridgehead atoms. The maximum atomic E-state index is 4.62. The summed E-state index contributed by atoms with van der Waals surface area (Å²) in [6.07, 6.45) is 6.24. The molecule has 0 unspecified atom stereocenters. The van der Waals surface area contributed by atoms with Crippen molar-refractivity contribution in [2.24, 2.45) is 0 Å². The minimum Gasteiger partial charge on any atom is -0.306 e. The Morgan fingerprint density at radius 2 is 1.46 bits per heavy atom. The second-order valence-corrected chi connectivity index (χ2v) is 6.97. The number of rotatable bonds is 5. The fourth-order valence-corrected chi connectivity index (χ4v) is 3.43. The Kier molecular flexibility index (Phi) is 5.59. The lowest BCUT2D eigenvalue weighted by Crippen LogP contribution is -2.43. The van der Waals surface area contributed by atoms with E-state index in [1.807, 2.05) is 24.5 Å². The molecule has 4 nitrogen and oxygen atoms in total. The third kappa shape index (κ3) is 4.19. The molecule has 4 heteroatoms. The summed E-state index contributed by atoms with van der Waals surface area (Å²) in [6, 6.07) is 8.94. The predicted molar refractivity (Wildman–Crippen MR) is 97.7 cm³/mol. The minimum absolute atomic E-state index is 0.601. The molecule has 24 heavy (non-hydrogen) atoms. The molecule has 1 saturated heterocycles. The highest BCUT2D eigenvalue weighted by molar-refractivity contribution is 5.20. The van der Waals surface area contributed by atoms with Gasteiger partial charge in [-0.05, 0) is 70.1 Å². The zero-order valence-electron chi connectivity index (χ0n) is 15.1.